The number of para-hydroxylation sites is 1. The zero-order chi connectivity index (χ0) is 21.0. The number of benzene rings is 3. The molecule has 1 saturated heterocycles. The molecule has 30 heavy (non-hydrogen) atoms. The highest BCUT2D eigenvalue weighted by Gasteiger charge is 2.25. The van der Waals surface area contributed by atoms with Crippen LogP contribution in [0.15, 0.2) is 85.5 Å². The molecule has 1 unspecified atom stereocenters. The average molecular weight is 401 g/mol. The van der Waals surface area contributed by atoms with Gasteiger partial charge < -0.3 is 14.2 Å². The van der Waals surface area contributed by atoms with Crippen molar-refractivity contribution in [1.29, 1.82) is 0 Å². The van der Waals surface area contributed by atoms with Gasteiger partial charge in [0.1, 0.15) is 30.0 Å². The molecule has 154 valence electrons. The zero-order valence-electron chi connectivity index (χ0n) is 17.6. The monoisotopic (exact) mass is 400 g/mol. The average Bonchev–Trinajstić information content (AvgIpc) is 3.59. The van der Waals surface area contributed by atoms with Gasteiger partial charge in [-0.05, 0) is 53.4 Å². The molecule has 0 amide bonds. The van der Waals surface area contributed by atoms with E-state index in [0.29, 0.717) is 6.61 Å². The predicted molar refractivity (Wildman–Crippen MR) is 121 cm³/mol. The van der Waals surface area contributed by atoms with Crippen LogP contribution in [0.25, 0.3) is 0 Å². The van der Waals surface area contributed by atoms with Gasteiger partial charge in [0.2, 0.25) is 0 Å². The van der Waals surface area contributed by atoms with E-state index in [2.05, 4.69) is 50.8 Å². The summed E-state index contributed by atoms with van der Waals surface area (Å²) in [6.07, 6.45) is 2.95. The molecule has 3 heteroatoms. The summed E-state index contributed by atoms with van der Waals surface area (Å²) in [4.78, 5) is 0. The van der Waals surface area contributed by atoms with Crippen molar-refractivity contribution >= 4 is 0 Å². The molecule has 1 heterocycles. The summed E-state index contributed by atoms with van der Waals surface area (Å²) in [5.74, 6) is 2.58. The van der Waals surface area contributed by atoms with Crippen molar-refractivity contribution in [3.05, 3.63) is 102 Å². The fourth-order valence-electron chi connectivity index (χ4n) is 3.48. The first kappa shape index (κ1) is 20.2. The van der Waals surface area contributed by atoms with Gasteiger partial charge in [-0.2, -0.15) is 0 Å². The summed E-state index contributed by atoms with van der Waals surface area (Å²) < 4.78 is 17.1. The summed E-state index contributed by atoms with van der Waals surface area (Å²) in [7, 11) is 0. The number of allylic oxidation sites excluding steroid dienone is 1. The Balaban J connectivity index is 1.46. The van der Waals surface area contributed by atoms with Crippen molar-refractivity contribution in [3.8, 4) is 17.2 Å². The Morgan fingerprint density at radius 1 is 0.933 bits per heavy atom. The lowest BCUT2D eigenvalue weighted by atomic mass is 9.78. The molecule has 4 rings (SSSR count). The van der Waals surface area contributed by atoms with Crippen LogP contribution in [0, 0.1) is 0 Å². The summed E-state index contributed by atoms with van der Waals surface area (Å²) >= 11 is 0. The van der Waals surface area contributed by atoms with Gasteiger partial charge in [0.05, 0.1) is 6.61 Å². The second-order valence-electron chi connectivity index (χ2n) is 8.14. The van der Waals surface area contributed by atoms with E-state index in [1.807, 2.05) is 48.5 Å². The minimum Gasteiger partial charge on any atom is -0.491 e. The van der Waals surface area contributed by atoms with E-state index in [0.717, 1.165) is 35.8 Å². The molecular weight excluding hydrogens is 372 g/mol. The topological polar surface area (TPSA) is 31.0 Å². The van der Waals surface area contributed by atoms with Crippen LogP contribution in [-0.4, -0.2) is 19.3 Å². The Morgan fingerprint density at radius 3 is 2.13 bits per heavy atom. The molecule has 3 aromatic rings. The van der Waals surface area contributed by atoms with E-state index in [-0.39, 0.29) is 11.5 Å². The molecular formula is C27H28O3. The standard InChI is InChI=1S/C27H28O3/c1-4-7-20-8-5-6-9-26(20)30-24-16-12-22(13-17-24)27(2,3)21-10-14-23(15-11-21)28-18-25-19-29-25/h4-6,8-17,25H,1,7,18-19H2,2-3H3. The number of hydrogen-bond donors (Lipinski definition) is 0. The van der Waals surface area contributed by atoms with Crippen LogP contribution >= 0.6 is 0 Å². The van der Waals surface area contributed by atoms with Crippen LogP contribution in [0.3, 0.4) is 0 Å². The van der Waals surface area contributed by atoms with Crippen molar-refractivity contribution in [3.63, 3.8) is 0 Å². The van der Waals surface area contributed by atoms with E-state index in [9.17, 15) is 0 Å². The van der Waals surface area contributed by atoms with Crippen molar-refractivity contribution in [2.24, 2.45) is 0 Å². The summed E-state index contributed by atoms with van der Waals surface area (Å²) in [6.45, 7) is 9.73. The van der Waals surface area contributed by atoms with Gasteiger partial charge >= 0.3 is 0 Å². The summed E-state index contributed by atoms with van der Waals surface area (Å²) in [5, 5.41) is 0. The number of epoxide rings is 1. The third kappa shape index (κ3) is 4.74. The van der Waals surface area contributed by atoms with Crippen molar-refractivity contribution in [1.82, 2.24) is 0 Å². The molecule has 1 atom stereocenters. The second-order valence-corrected chi connectivity index (χ2v) is 8.14. The fraction of sp³-hybridized carbons (Fsp3) is 0.259. The third-order valence-corrected chi connectivity index (χ3v) is 5.55. The van der Waals surface area contributed by atoms with Crippen molar-refractivity contribution in [2.45, 2.75) is 31.8 Å². The third-order valence-electron chi connectivity index (χ3n) is 5.55. The molecule has 3 aromatic carbocycles. The lowest BCUT2D eigenvalue weighted by Gasteiger charge is -2.26. The normalized spacial score (nSPS) is 15.5. The number of hydrogen-bond acceptors (Lipinski definition) is 3. The highest BCUT2D eigenvalue weighted by Crippen LogP contribution is 2.34. The Labute approximate surface area is 178 Å². The maximum Gasteiger partial charge on any atom is 0.130 e. The Kier molecular flexibility index (Phi) is 5.91. The van der Waals surface area contributed by atoms with Gasteiger partial charge in [0.15, 0.2) is 0 Å². The lowest BCUT2D eigenvalue weighted by Crippen LogP contribution is -2.18. The molecule has 3 nitrogen and oxygen atoms in total. The van der Waals surface area contributed by atoms with E-state index < -0.39 is 0 Å². The van der Waals surface area contributed by atoms with Crippen molar-refractivity contribution in [2.75, 3.05) is 13.2 Å². The van der Waals surface area contributed by atoms with E-state index in [1.54, 1.807) is 0 Å². The number of rotatable bonds is 9. The van der Waals surface area contributed by atoms with Crippen LogP contribution in [0.4, 0.5) is 0 Å². The molecule has 0 saturated carbocycles. The van der Waals surface area contributed by atoms with E-state index in [4.69, 9.17) is 14.2 Å². The van der Waals surface area contributed by atoms with Crippen molar-refractivity contribution < 1.29 is 14.2 Å². The van der Waals surface area contributed by atoms with Gasteiger partial charge in [-0.25, -0.2) is 0 Å². The first-order chi connectivity index (χ1) is 14.6. The minimum atomic E-state index is -0.128. The molecule has 0 N–H and O–H groups in total. The minimum absolute atomic E-state index is 0.128. The Morgan fingerprint density at radius 2 is 1.53 bits per heavy atom. The molecule has 0 bridgehead atoms. The zero-order valence-corrected chi connectivity index (χ0v) is 17.6. The second kappa shape index (κ2) is 8.76. The maximum absolute atomic E-state index is 6.13. The highest BCUT2D eigenvalue weighted by atomic mass is 16.6. The Hall–Kier alpha value is -3.04. The first-order valence-corrected chi connectivity index (χ1v) is 10.4. The van der Waals surface area contributed by atoms with E-state index >= 15 is 0 Å². The molecule has 0 spiro atoms. The maximum atomic E-state index is 6.13. The van der Waals surface area contributed by atoms with Gasteiger partial charge in [0, 0.05) is 5.41 Å². The fourth-order valence-corrected chi connectivity index (χ4v) is 3.48. The molecule has 0 aliphatic carbocycles. The van der Waals surface area contributed by atoms with Crippen LogP contribution in [0.2, 0.25) is 0 Å². The largest absolute Gasteiger partial charge is 0.491 e. The van der Waals surface area contributed by atoms with Crippen LogP contribution in [-0.2, 0) is 16.6 Å². The molecule has 0 radical (unpaired) electrons. The Bertz CT molecular complexity index is 983. The lowest BCUT2D eigenvalue weighted by molar-refractivity contribution is 0.263. The van der Waals surface area contributed by atoms with Crippen LogP contribution in [0.1, 0.15) is 30.5 Å². The van der Waals surface area contributed by atoms with Gasteiger partial charge in [0.25, 0.3) is 0 Å². The molecule has 1 aliphatic rings. The quantitative estimate of drug-likeness (QED) is 0.311. The summed E-state index contributed by atoms with van der Waals surface area (Å²) in [5.41, 5.74) is 3.47. The molecule has 1 fully saturated rings. The first-order valence-electron chi connectivity index (χ1n) is 10.4. The van der Waals surface area contributed by atoms with E-state index in [1.165, 1.54) is 11.1 Å². The smallest absolute Gasteiger partial charge is 0.130 e. The van der Waals surface area contributed by atoms with Gasteiger partial charge in [-0.1, -0.05) is 62.4 Å². The van der Waals surface area contributed by atoms with Gasteiger partial charge in [-0.3, -0.25) is 0 Å². The SMILES string of the molecule is C=CCc1ccccc1Oc1ccc(C(C)(C)c2ccc(OCC3CO3)cc2)cc1. The van der Waals surface area contributed by atoms with Crippen LogP contribution in [0.5, 0.6) is 17.2 Å². The van der Waals surface area contributed by atoms with Gasteiger partial charge in [-0.15, -0.1) is 6.58 Å². The molecule has 0 aromatic heterocycles. The predicted octanol–water partition coefficient (Wildman–Crippen LogP) is 6.31. The highest BCUT2D eigenvalue weighted by molar-refractivity contribution is 5.44. The van der Waals surface area contributed by atoms with Crippen LogP contribution < -0.4 is 9.47 Å². The summed E-state index contributed by atoms with van der Waals surface area (Å²) in [6, 6.07) is 24.8. The molecule has 1 aliphatic heterocycles. The number of ether oxygens (including phenoxy) is 3.